The molecule has 7 heteroatoms. The largest absolute Gasteiger partial charge is 0.480 e. The van der Waals surface area contributed by atoms with E-state index in [0.29, 0.717) is 5.69 Å². The standard InChI is InChI=1S/C11H17N3O3S/c1-11(2,3)17-10(18)14-8(9(15)16)4-7-5-12-6-13-7/h5-6,8H,4H2,1-3H3,(H,12,13)(H,14,18)(H,15,16)/t8-/m0/s1. The summed E-state index contributed by atoms with van der Waals surface area (Å²) in [6, 6.07) is -0.847. The molecule has 0 amide bonds. The SMILES string of the molecule is CC(C)(C)OC(=S)N[C@@H](Cc1cnc[nH]1)C(=O)O. The van der Waals surface area contributed by atoms with Gasteiger partial charge >= 0.3 is 5.97 Å². The van der Waals surface area contributed by atoms with Gasteiger partial charge in [-0.2, -0.15) is 0 Å². The van der Waals surface area contributed by atoms with Crippen molar-refractivity contribution < 1.29 is 14.6 Å². The number of nitrogens with one attached hydrogen (secondary N) is 2. The Morgan fingerprint density at radius 2 is 2.33 bits per heavy atom. The van der Waals surface area contributed by atoms with E-state index < -0.39 is 17.6 Å². The molecule has 6 nitrogen and oxygen atoms in total. The quantitative estimate of drug-likeness (QED) is 0.711. The van der Waals surface area contributed by atoms with Crippen molar-refractivity contribution in [3.05, 3.63) is 18.2 Å². The predicted octanol–water partition coefficient (Wildman–Crippen LogP) is 1.09. The van der Waals surface area contributed by atoms with Crippen molar-refractivity contribution in [1.82, 2.24) is 15.3 Å². The van der Waals surface area contributed by atoms with Crippen LogP contribution in [0.25, 0.3) is 0 Å². The third-order valence-electron chi connectivity index (χ3n) is 1.97. The van der Waals surface area contributed by atoms with Crippen LogP contribution in [0.3, 0.4) is 0 Å². The zero-order valence-electron chi connectivity index (χ0n) is 10.6. The van der Waals surface area contributed by atoms with Gasteiger partial charge in [-0.25, -0.2) is 9.78 Å². The van der Waals surface area contributed by atoms with Crippen LogP contribution in [0.2, 0.25) is 0 Å². The maximum absolute atomic E-state index is 11.1. The van der Waals surface area contributed by atoms with Crippen LogP contribution < -0.4 is 5.32 Å². The van der Waals surface area contributed by atoms with Crippen molar-refractivity contribution in [3.63, 3.8) is 0 Å². The number of hydrogen-bond donors (Lipinski definition) is 3. The van der Waals surface area contributed by atoms with Gasteiger partial charge in [-0.05, 0) is 33.0 Å². The highest BCUT2D eigenvalue weighted by atomic mass is 32.1. The molecule has 0 aliphatic rings. The minimum atomic E-state index is -0.996. The van der Waals surface area contributed by atoms with Gasteiger partial charge in [0, 0.05) is 18.3 Å². The summed E-state index contributed by atoms with van der Waals surface area (Å²) < 4.78 is 5.37. The summed E-state index contributed by atoms with van der Waals surface area (Å²) >= 11 is 4.97. The normalized spacial score (nSPS) is 12.8. The van der Waals surface area contributed by atoms with Gasteiger partial charge in [0.25, 0.3) is 5.17 Å². The molecule has 0 saturated carbocycles. The van der Waals surface area contributed by atoms with E-state index in [0.717, 1.165) is 0 Å². The van der Waals surface area contributed by atoms with Crippen LogP contribution in [0.1, 0.15) is 26.5 Å². The molecule has 1 rings (SSSR count). The summed E-state index contributed by atoms with van der Waals surface area (Å²) in [6.45, 7) is 5.52. The zero-order chi connectivity index (χ0) is 13.8. The van der Waals surface area contributed by atoms with E-state index in [-0.39, 0.29) is 11.6 Å². The second-order valence-electron chi connectivity index (χ2n) is 4.82. The number of aromatic amines is 1. The Labute approximate surface area is 111 Å². The van der Waals surface area contributed by atoms with Crippen LogP contribution in [-0.2, 0) is 16.0 Å². The highest BCUT2D eigenvalue weighted by Crippen LogP contribution is 2.08. The number of rotatable bonds is 4. The first-order valence-corrected chi connectivity index (χ1v) is 5.88. The number of carboxylic acids is 1. The van der Waals surface area contributed by atoms with E-state index in [1.807, 2.05) is 20.8 Å². The van der Waals surface area contributed by atoms with Gasteiger partial charge in [-0.15, -0.1) is 0 Å². The van der Waals surface area contributed by atoms with E-state index >= 15 is 0 Å². The third kappa shape index (κ3) is 5.13. The Balaban J connectivity index is 2.58. The maximum atomic E-state index is 11.1. The molecule has 18 heavy (non-hydrogen) atoms. The molecule has 1 atom stereocenters. The van der Waals surface area contributed by atoms with Gasteiger partial charge in [0.1, 0.15) is 11.6 Å². The van der Waals surface area contributed by atoms with Gasteiger partial charge in [0.15, 0.2) is 0 Å². The van der Waals surface area contributed by atoms with Crippen LogP contribution in [-0.4, -0.2) is 37.9 Å². The highest BCUT2D eigenvalue weighted by molar-refractivity contribution is 7.80. The minimum Gasteiger partial charge on any atom is -0.480 e. The lowest BCUT2D eigenvalue weighted by Gasteiger charge is -2.24. The Hall–Kier alpha value is -1.63. The number of aromatic nitrogens is 2. The van der Waals surface area contributed by atoms with Crippen molar-refractivity contribution in [2.24, 2.45) is 0 Å². The maximum Gasteiger partial charge on any atom is 0.326 e. The van der Waals surface area contributed by atoms with Gasteiger partial charge in [0.05, 0.1) is 6.33 Å². The molecule has 3 N–H and O–H groups in total. The lowest BCUT2D eigenvalue weighted by molar-refractivity contribution is -0.139. The molecule has 1 heterocycles. The number of carboxylic acid groups (broad SMARTS) is 1. The van der Waals surface area contributed by atoms with E-state index in [1.54, 1.807) is 6.20 Å². The first kappa shape index (κ1) is 14.4. The molecule has 0 bridgehead atoms. The molecule has 0 aromatic carbocycles. The second kappa shape index (κ2) is 5.81. The first-order valence-electron chi connectivity index (χ1n) is 5.47. The zero-order valence-corrected chi connectivity index (χ0v) is 11.4. The fourth-order valence-corrected chi connectivity index (χ4v) is 1.66. The van der Waals surface area contributed by atoms with Crippen LogP contribution in [0.4, 0.5) is 0 Å². The Kier molecular flexibility index (Phi) is 4.66. The molecule has 0 radical (unpaired) electrons. The number of hydrogen-bond acceptors (Lipinski definition) is 4. The van der Waals surface area contributed by atoms with Gasteiger partial charge in [-0.3, -0.25) is 0 Å². The average Bonchev–Trinajstić information content (AvgIpc) is 2.66. The van der Waals surface area contributed by atoms with Gasteiger partial charge in [0.2, 0.25) is 0 Å². The third-order valence-corrected chi connectivity index (χ3v) is 2.17. The summed E-state index contributed by atoms with van der Waals surface area (Å²) in [6.07, 6.45) is 3.33. The molecule has 0 unspecified atom stereocenters. The second-order valence-corrected chi connectivity index (χ2v) is 5.19. The Bertz CT molecular complexity index is 412. The monoisotopic (exact) mass is 271 g/mol. The first-order chi connectivity index (χ1) is 8.28. The number of aliphatic carboxylic acids is 1. The molecular formula is C11H17N3O3S. The molecule has 1 aromatic rings. The van der Waals surface area contributed by atoms with Crippen LogP contribution in [0, 0.1) is 0 Å². The number of nitrogens with zero attached hydrogens (tertiary/aromatic N) is 1. The molecular weight excluding hydrogens is 254 g/mol. The minimum absolute atomic E-state index is 0.0782. The molecule has 0 fully saturated rings. The fraction of sp³-hybridized carbons (Fsp3) is 0.545. The van der Waals surface area contributed by atoms with E-state index in [2.05, 4.69) is 15.3 Å². The predicted molar refractivity (Wildman–Crippen MR) is 70.3 cm³/mol. The van der Waals surface area contributed by atoms with Crippen molar-refractivity contribution in [2.45, 2.75) is 38.8 Å². The van der Waals surface area contributed by atoms with Crippen molar-refractivity contribution in [2.75, 3.05) is 0 Å². The van der Waals surface area contributed by atoms with Crippen molar-refractivity contribution in [3.8, 4) is 0 Å². The number of H-pyrrole nitrogens is 1. The molecule has 0 spiro atoms. The topological polar surface area (TPSA) is 87.2 Å². The molecule has 0 aliphatic heterocycles. The average molecular weight is 271 g/mol. The smallest absolute Gasteiger partial charge is 0.326 e. The molecule has 100 valence electrons. The van der Waals surface area contributed by atoms with Crippen LogP contribution in [0.15, 0.2) is 12.5 Å². The molecule has 0 saturated heterocycles. The summed E-state index contributed by atoms with van der Waals surface area (Å²) in [5, 5.41) is 11.9. The number of imidazole rings is 1. The summed E-state index contributed by atoms with van der Waals surface area (Å²) in [5.74, 6) is -0.996. The summed E-state index contributed by atoms with van der Waals surface area (Å²) in [5.41, 5.74) is 0.259. The lowest BCUT2D eigenvalue weighted by atomic mass is 10.1. The van der Waals surface area contributed by atoms with Gasteiger partial charge < -0.3 is 20.1 Å². The lowest BCUT2D eigenvalue weighted by Crippen LogP contribution is -2.44. The Morgan fingerprint density at radius 3 is 2.78 bits per heavy atom. The number of carbonyl (C=O) groups is 1. The van der Waals surface area contributed by atoms with E-state index in [1.165, 1.54) is 6.33 Å². The van der Waals surface area contributed by atoms with Crippen LogP contribution in [0.5, 0.6) is 0 Å². The highest BCUT2D eigenvalue weighted by Gasteiger charge is 2.22. The summed E-state index contributed by atoms with van der Waals surface area (Å²) in [7, 11) is 0. The van der Waals surface area contributed by atoms with Gasteiger partial charge in [-0.1, -0.05) is 0 Å². The molecule has 0 aliphatic carbocycles. The van der Waals surface area contributed by atoms with Crippen LogP contribution >= 0.6 is 12.2 Å². The van der Waals surface area contributed by atoms with Crippen molar-refractivity contribution >= 4 is 23.4 Å². The number of thiocarbonyl (C=S) groups is 1. The summed E-state index contributed by atoms with van der Waals surface area (Å²) in [4.78, 5) is 17.8. The van der Waals surface area contributed by atoms with E-state index in [4.69, 9.17) is 22.1 Å². The fourth-order valence-electron chi connectivity index (χ4n) is 1.27. The molecule has 1 aromatic heterocycles. The number of ether oxygens (including phenoxy) is 1. The van der Waals surface area contributed by atoms with Crippen molar-refractivity contribution in [1.29, 1.82) is 0 Å². The Morgan fingerprint density at radius 1 is 1.67 bits per heavy atom. The van der Waals surface area contributed by atoms with E-state index in [9.17, 15) is 4.79 Å².